The number of thioether (sulfide) groups is 1. The van der Waals surface area contributed by atoms with Crippen molar-refractivity contribution in [2.75, 3.05) is 13.2 Å². The van der Waals surface area contributed by atoms with Crippen LogP contribution in [0.3, 0.4) is 0 Å². The topological polar surface area (TPSA) is 15.6 Å². The predicted octanol–water partition coefficient (Wildman–Crippen LogP) is 5.80. The number of allylic oxidation sites excluding steroid dienone is 1. The van der Waals surface area contributed by atoms with Crippen LogP contribution >= 0.6 is 11.8 Å². The lowest BCUT2D eigenvalue weighted by atomic mass is 10.0. The largest absolute Gasteiger partial charge is 0.346 e. The molecular weight excluding hydrogens is 312 g/mol. The predicted molar refractivity (Wildman–Crippen MR) is 106 cm³/mol. The van der Waals surface area contributed by atoms with Crippen LogP contribution in [0, 0.1) is 25.7 Å². The van der Waals surface area contributed by atoms with Crippen LogP contribution in [0.5, 0.6) is 0 Å². The maximum absolute atomic E-state index is 4.66. The number of rotatable bonds is 5. The van der Waals surface area contributed by atoms with Crippen LogP contribution in [0.2, 0.25) is 0 Å². The quantitative estimate of drug-likeness (QED) is 0.672. The summed E-state index contributed by atoms with van der Waals surface area (Å²) in [5.74, 6) is 1.36. The van der Waals surface area contributed by atoms with Gasteiger partial charge >= 0.3 is 0 Å². The molecule has 0 N–H and O–H groups in total. The van der Waals surface area contributed by atoms with Crippen LogP contribution < -0.4 is 0 Å². The van der Waals surface area contributed by atoms with Crippen LogP contribution in [0.1, 0.15) is 50.7 Å². The lowest BCUT2D eigenvalue weighted by molar-refractivity contribution is 0.305. The maximum Gasteiger partial charge on any atom is 0.110 e. The maximum atomic E-state index is 4.66. The first-order chi connectivity index (χ1) is 11.5. The van der Waals surface area contributed by atoms with Gasteiger partial charge in [-0.1, -0.05) is 44.5 Å². The van der Waals surface area contributed by atoms with Crippen molar-refractivity contribution in [2.45, 2.75) is 58.3 Å². The molecule has 0 atom stereocenters. The van der Waals surface area contributed by atoms with Gasteiger partial charge in [0.25, 0.3) is 0 Å². The van der Waals surface area contributed by atoms with Crippen molar-refractivity contribution in [3.63, 3.8) is 0 Å². The summed E-state index contributed by atoms with van der Waals surface area (Å²) in [6, 6.07) is 6.87. The lowest BCUT2D eigenvalue weighted by Gasteiger charge is -2.33. The van der Waals surface area contributed by atoms with E-state index in [4.69, 9.17) is 0 Å². The van der Waals surface area contributed by atoms with Crippen LogP contribution in [0.4, 0.5) is 0 Å². The fourth-order valence-corrected chi connectivity index (χ4v) is 5.19. The van der Waals surface area contributed by atoms with Crippen molar-refractivity contribution in [1.29, 1.82) is 0 Å². The van der Waals surface area contributed by atoms with Gasteiger partial charge in [-0.15, -0.1) is 0 Å². The summed E-state index contributed by atoms with van der Waals surface area (Å²) >= 11 is 1.94. The van der Waals surface area contributed by atoms with Crippen molar-refractivity contribution in [1.82, 2.24) is 4.90 Å². The van der Waals surface area contributed by atoms with E-state index in [1.165, 1.54) is 58.9 Å². The Hall–Kier alpha value is -1.22. The highest BCUT2D eigenvalue weighted by Gasteiger charge is 2.25. The summed E-state index contributed by atoms with van der Waals surface area (Å²) in [6.45, 7) is 10.9. The van der Waals surface area contributed by atoms with Gasteiger partial charge in [0.05, 0.1) is 5.03 Å². The molecule has 0 unspecified atom stereocenters. The molecule has 1 heterocycles. The Morgan fingerprint density at radius 3 is 2.42 bits per heavy atom. The normalized spacial score (nSPS) is 19.0. The molecule has 1 saturated carbocycles. The number of benzene rings is 1. The molecule has 0 amide bonds. The monoisotopic (exact) mass is 342 g/mol. The molecule has 1 aliphatic carbocycles. The molecular formula is C21H30N2S. The molecule has 130 valence electrons. The zero-order valence-electron chi connectivity index (χ0n) is 15.5. The Kier molecular flexibility index (Phi) is 5.70. The lowest BCUT2D eigenvalue weighted by Crippen LogP contribution is -2.31. The standard InChI is InChI=1S/C21H30N2S/c1-15(2)20-12-22-14-23(13-18-7-5-6-8-18)21(20)24-19-10-16(3)9-17(4)11-19/h9-12,15,18H,5-8,13-14H2,1-4H3. The number of nitrogens with zero attached hydrogens (tertiary/aromatic N) is 2. The van der Waals surface area contributed by atoms with E-state index >= 15 is 0 Å². The van der Waals surface area contributed by atoms with Gasteiger partial charge in [-0.2, -0.15) is 0 Å². The highest BCUT2D eigenvalue weighted by Crippen LogP contribution is 2.37. The van der Waals surface area contributed by atoms with E-state index in [0.717, 1.165) is 12.6 Å². The number of aryl methyl sites for hydroxylation is 2. The number of hydrogen-bond acceptors (Lipinski definition) is 3. The summed E-state index contributed by atoms with van der Waals surface area (Å²) in [7, 11) is 0. The zero-order chi connectivity index (χ0) is 17.1. The van der Waals surface area contributed by atoms with Gasteiger partial charge in [-0.3, -0.25) is 4.99 Å². The van der Waals surface area contributed by atoms with Crippen molar-refractivity contribution in [3.05, 3.63) is 39.9 Å². The Morgan fingerprint density at radius 1 is 1.12 bits per heavy atom. The zero-order valence-corrected chi connectivity index (χ0v) is 16.3. The molecule has 1 aromatic rings. The van der Waals surface area contributed by atoms with Gasteiger partial charge in [-0.05, 0) is 61.8 Å². The first-order valence-corrected chi connectivity index (χ1v) is 10.1. The molecule has 2 aliphatic rings. The van der Waals surface area contributed by atoms with Gasteiger partial charge < -0.3 is 4.90 Å². The molecule has 0 saturated heterocycles. The summed E-state index contributed by atoms with van der Waals surface area (Å²) in [5, 5.41) is 1.43. The molecule has 0 aromatic heterocycles. The Labute approximate surface area is 151 Å². The van der Waals surface area contributed by atoms with E-state index < -0.39 is 0 Å². The SMILES string of the molecule is Cc1cc(C)cc(SC2=C(C(C)C)C=NCN2CC2CCCC2)c1. The second kappa shape index (κ2) is 7.77. The third-order valence-corrected chi connectivity index (χ3v) is 6.16. The Morgan fingerprint density at radius 2 is 1.79 bits per heavy atom. The second-order valence-electron chi connectivity index (χ2n) is 7.67. The number of aliphatic imine (C=N–C) groups is 1. The molecule has 0 radical (unpaired) electrons. The minimum Gasteiger partial charge on any atom is -0.346 e. The molecule has 3 rings (SSSR count). The van der Waals surface area contributed by atoms with Crippen LogP contribution in [0.15, 0.2) is 38.7 Å². The minimum absolute atomic E-state index is 0.508. The Bertz CT molecular complexity index is 619. The van der Waals surface area contributed by atoms with E-state index in [2.05, 4.69) is 62.0 Å². The van der Waals surface area contributed by atoms with Gasteiger partial charge in [0, 0.05) is 23.2 Å². The molecule has 1 aliphatic heterocycles. The van der Waals surface area contributed by atoms with Crippen LogP contribution in [-0.2, 0) is 0 Å². The van der Waals surface area contributed by atoms with Gasteiger partial charge in [0.2, 0.25) is 0 Å². The van der Waals surface area contributed by atoms with Gasteiger partial charge in [0.15, 0.2) is 0 Å². The van der Waals surface area contributed by atoms with Gasteiger partial charge in [-0.25, -0.2) is 0 Å². The third-order valence-electron chi connectivity index (χ3n) is 5.00. The van der Waals surface area contributed by atoms with E-state index in [1.54, 1.807) is 0 Å². The number of hydrogen-bond donors (Lipinski definition) is 0. The van der Waals surface area contributed by atoms with Crippen molar-refractivity contribution >= 4 is 18.0 Å². The molecule has 0 spiro atoms. The second-order valence-corrected chi connectivity index (χ2v) is 8.73. The van der Waals surface area contributed by atoms with Crippen LogP contribution in [0.25, 0.3) is 0 Å². The van der Waals surface area contributed by atoms with E-state index in [0.29, 0.717) is 5.92 Å². The fourth-order valence-electron chi connectivity index (χ4n) is 3.81. The van der Waals surface area contributed by atoms with Crippen molar-refractivity contribution in [3.8, 4) is 0 Å². The van der Waals surface area contributed by atoms with Crippen molar-refractivity contribution in [2.24, 2.45) is 16.8 Å². The Balaban J connectivity index is 1.87. The van der Waals surface area contributed by atoms with Crippen LogP contribution in [-0.4, -0.2) is 24.3 Å². The summed E-state index contributed by atoms with van der Waals surface area (Å²) < 4.78 is 0. The molecule has 1 aromatic carbocycles. The van der Waals surface area contributed by atoms with E-state index in [9.17, 15) is 0 Å². The van der Waals surface area contributed by atoms with Crippen molar-refractivity contribution < 1.29 is 0 Å². The summed E-state index contributed by atoms with van der Waals surface area (Å²) in [6.07, 6.45) is 7.70. The molecule has 24 heavy (non-hydrogen) atoms. The van der Waals surface area contributed by atoms with E-state index in [-0.39, 0.29) is 0 Å². The molecule has 1 fully saturated rings. The van der Waals surface area contributed by atoms with Gasteiger partial charge in [0.1, 0.15) is 6.67 Å². The highest BCUT2D eigenvalue weighted by molar-refractivity contribution is 8.03. The summed E-state index contributed by atoms with van der Waals surface area (Å²) in [4.78, 5) is 8.55. The smallest absolute Gasteiger partial charge is 0.110 e. The highest BCUT2D eigenvalue weighted by atomic mass is 32.2. The first-order valence-electron chi connectivity index (χ1n) is 9.28. The average Bonchev–Trinajstić information content (AvgIpc) is 3.00. The molecule has 3 heteroatoms. The third kappa shape index (κ3) is 4.24. The average molecular weight is 343 g/mol. The summed E-state index contributed by atoms with van der Waals surface area (Å²) in [5.41, 5.74) is 4.08. The van der Waals surface area contributed by atoms with E-state index in [1.807, 2.05) is 11.8 Å². The minimum atomic E-state index is 0.508. The molecule has 2 nitrogen and oxygen atoms in total. The first kappa shape index (κ1) is 17.6. The molecule has 0 bridgehead atoms. The fraction of sp³-hybridized carbons (Fsp3) is 0.571.